The van der Waals surface area contributed by atoms with Crippen LogP contribution < -0.4 is 5.32 Å². The van der Waals surface area contributed by atoms with E-state index in [1.165, 1.54) is 10.5 Å². The molecule has 0 amide bonds. The van der Waals surface area contributed by atoms with Crippen molar-refractivity contribution < 1.29 is 13.2 Å². The molecule has 2 nitrogen and oxygen atoms in total. The zero-order valence-corrected chi connectivity index (χ0v) is 11.0. The number of nitrogens with one attached hydrogen (secondary N) is 1. The Bertz CT molecular complexity index is 392. The molecule has 5 heteroatoms. The second-order valence-electron chi connectivity index (χ2n) is 5.18. The number of likely N-dealkylation sites (tertiary alicyclic amines) is 1. The first-order chi connectivity index (χ1) is 8.92. The van der Waals surface area contributed by atoms with Crippen LogP contribution in [0.5, 0.6) is 0 Å². The van der Waals surface area contributed by atoms with Crippen LogP contribution in [0.15, 0.2) is 24.3 Å². The summed E-state index contributed by atoms with van der Waals surface area (Å²) in [4.78, 5) is 1.48. The Morgan fingerprint density at radius 2 is 1.74 bits per heavy atom. The molecule has 1 aromatic rings. The minimum Gasteiger partial charge on any atom is -0.382 e. The van der Waals surface area contributed by atoms with Crippen LogP contribution in [0, 0.1) is 6.92 Å². The number of halogens is 3. The van der Waals surface area contributed by atoms with E-state index in [9.17, 15) is 13.2 Å². The Hall–Kier alpha value is -1.23. The summed E-state index contributed by atoms with van der Waals surface area (Å²) in [5.41, 5.74) is 2.24. The highest BCUT2D eigenvalue weighted by atomic mass is 19.4. The van der Waals surface area contributed by atoms with Crippen LogP contribution in [0.4, 0.5) is 18.9 Å². The van der Waals surface area contributed by atoms with Crippen molar-refractivity contribution in [3.05, 3.63) is 29.8 Å². The molecule has 0 saturated carbocycles. The predicted molar refractivity (Wildman–Crippen MR) is 70.3 cm³/mol. The molecule has 0 spiro atoms. The normalized spacial score (nSPS) is 18.5. The summed E-state index contributed by atoms with van der Waals surface area (Å²) in [6.45, 7) is 2.25. The van der Waals surface area contributed by atoms with Gasteiger partial charge in [0.2, 0.25) is 0 Å². The van der Waals surface area contributed by atoms with Crippen LogP contribution in [-0.4, -0.2) is 36.8 Å². The van der Waals surface area contributed by atoms with Gasteiger partial charge in [-0.05, 0) is 31.9 Å². The van der Waals surface area contributed by atoms with E-state index in [1.807, 2.05) is 31.2 Å². The highest BCUT2D eigenvalue weighted by Crippen LogP contribution is 2.21. The minimum atomic E-state index is -4.09. The standard InChI is InChI=1S/C14H19F3N2/c1-11-2-4-12(5-3-11)18-13-6-8-19(9-7-13)10-14(15,16)17/h2-5,13,18H,6-10H2,1H3. The van der Waals surface area contributed by atoms with E-state index in [0.29, 0.717) is 13.1 Å². The van der Waals surface area contributed by atoms with Gasteiger partial charge in [-0.25, -0.2) is 0 Å². The van der Waals surface area contributed by atoms with Crippen molar-refractivity contribution in [3.63, 3.8) is 0 Å². The fraction of sp³-hybridized carbons (Fsp3) is 0.571. The second-order valence-corrected chi connectivity index (χ2v) is 5.18. The van der Waals surface area contributed by atoms with Gasteiger partial charge in [0.05, 0.1) is 6.54 Å². The van der Waals surface area contributed by atoms with Gasteiger partial charge in [-0.2, -0.15) is 13.2 Å². The van der Waals surface area contributed by atoms with E-state index in [4.69, 9.17) is 0 Å². The third-order valence-corrected chi connectivity index (χ3v) is 3.41. The van der Waals surface area contributed by atoms with Gasteiger partial charge in [-0.1, -0.05) is 17.7 Å². The molecule has 0 aromatic heterocycles. The topological polar surface area (TPSA) is 15.3 Å². The van der Waals surface area contributed by atoms with Crippen molar-refractivity contribution in [3.8, 4) is 0 Å². The van der Waals surface area contributed by atoms with Gasteiger partial charge in [0.15, 0.2) is 0 Å². The van der Waals surface area contributed by atoms with E-state index in [1.54, 1.807) is 0 Å². The molecule has 0 atom stereocenters. The molecule has 0 unspecified atom stereocenters. The molecule has 0 radical (unpaired) electrons. The highest BCUT2D eigenvalue weighted by molar-refractivity contribution is 5.45. The Morgan fingerprint density at radius 3 is 2.26 bits per heavy atom. The van der Waals surface area contributed by atoms with E-state index in [2.05, 4.69) is 5.32 Å². The SMILES string of the molecule is Cc1ccc(NC2CCN(CC(F)(F)F)CC2)cc1. The lowest BCUT2D eigenvalue weighted by atomic mass is 10.0. The summed E-state index contributed by atoms with van der Waals surface area (Å²) in [7, 11) is 0. The maximum absolute atomic E-state index is 12.3. The second kappa shape index (κ2) is 5.82. The molecular formula is C14H19F3N2. The number of aryl methyl sites for hydroxylation is 1. The monoisotopic (exact) mass is 272 g/mol. The van der Waals surface area contributed by atoms with Crippen LogP contribution in [0.2, 0.25) is 0 Å². The van der Waals surface area contributed by atoms with Crippen LogP contribution in [-0.2, 0) is 0 Å². The summed E-state index contributed by atoms with van der Waals surface area (Å²) >= 11 is 0. The number of benzene rings is 1. The molecule has 1 heterocycles. The minimum absolute atomic E-state index is 0.271. The fourth-order valence-corrected chi connectivity index (χ4v) is 2.37. The van der Waals surface area contributed by atoms with Crippen molar-refractivity contribution in [1.82, 2.24) is 4.90 Å². The zero-order valence-electron chi connectivity index (χ0n) is 11.0. The Morgan fingerprint density at radius 1 is 1.16 bits per heavy atom. The summed E-state index contributed by atoms with van der Waals surface area (Å²) in [5, 5.41) is 3.38. The lowest BCUT2D eigenvalue weighted by Gasteiger charge is -2.33. The summed E-state index contributed by atoms with van der Waals surface area (Å²) in [6, 6.07) is 8.35. The molecule has 1 N–H and O–H groups in total. The van der Waals surface area contributed by atoms with Gasteiger partial charge in [-0.15, -0.1) is 0 Å². The maximum Gasteiger partial charge on any atom is 0.401 e. The first-order valence-corrected chi connectivity index (χ1v) is 6.55. The third-order valence-electron chi connectivity index (χ3n) is 3.41. The number of hydrogen-bond donors (Lipinski definition) is 1. The van der Waals surface area contributed by atoms with E-state index in [0.717, 1.165) is 18.5 Å². The fourth-order valence-electron chi connectivity index (χ4n) is 2.37. The Kier molecular flexibility index (Phi) is 4.34. The summed E-state index contributed by atoms with van der Waals surface area (Å²) < 4.78 is 36.8. The number of nitrogens with zero attached hydrogens (tertiary/aromatic N) is 1. The number of rotatable bonds is 3. The lowest BCUT2D eigenvalue weighted by molar-refractivity contribution is -0.147. The van der Waals surface area contributed by atoms with Gasteiger partial charge in [0.25, 0.3) is 0 Å². The van der Waals surface area contributed by atoms with Crippen LogP contribution in [0.3, 0.4) is 0 Å². The largest absolute Gasteiger partial charge is 0.401 e. The van der Waals surface area contributed by atoms with Gasteiger partial charge in [-0.3, -0.25) is 4.90 Å². The van der Waals surface area contributed by atoms with Crippen molar-refractivity contribution >= 4 is 5.69 Å². The summed E-state index contributed by atoms with van der Waals surface area (Å²) in [6.07, 6.45) is -2.58. The van der Waals surface area contributed by atoms with Crippen molar-refractivity contribution in [2.75, 3.05) is 25.0 Å². The number of hydrogen-bond acceptors (Lipinski definition) is 2. The molecular weight excluding hydrogens is 253 g/mol. The van der Waals surface area contributed by atoms with Crippen molar-refractivity contribution in [2.45, 2.75) is 32.0 Å². The molecule has 1 aliphatic rings. The smallest absolute Gasteiger partial charge is 0.382 e. The average molecular weight is 272 g/mol. The lowest BCUT2D eigenvalue weighted by Crippen LogP contribution is -2.43. The average Bonchev–Trinajstić information content (AvgIpc) is 2.33. The molecule has 106 valence electrons. The van der Waals surface area contributed by atoms with Crippen LogP contribution >= 0.6 is 0 Å². The molecule has 0 bridgehead atoms. The molecule has 2 rings (SSSR count). The number of piperidine rings is 1. The van der Waals surface area contributed by atoms with Gasteiger partial charge in [0.1, 0.15) is 0 Å². The molecule has 1 aliphatic heterocycles. The Balaban J connectivity index is 1.79. The van der Waals surface area contributed by atoms with E-state index < -0.39 is 12.7 Å². The van der Waals surface area contributed by atoms with Gasteiger partial charge in [0, 0.05) is 24.8 Å². The third kappa shape index (κ3) is 4.74. The first-order valence-electron chi connectivity index (χ1n) is 6.55. The molecule has 19 heavy (non-hydrogen) atoms. The molecule has 1 saturated heterocycles. The quantitative estimate of drug-likeness (QED) is 0.907. The van der Waals surface area contributed by atoms with Crippen LogP contribution in [0.1, 0.15) is 18.4 Å². The maximum atomic E-state index is 12.3. The summed E-state index contributed by atoms with van der Waals surface area (Å²) in [5.74, 6) is 0. The molecule has 1 aromatic carbocycles. The van der Waals surface area contributed by atoms with Crippen molar-refractivity contribution in [1.29, 1.82) is 0 Å². The predicted octanol–water partition coefficient (Wildman–Crippen LogP) is 3.43. The van der Waals surface area contributed by atoms with Crippen LogP contribution in [0.25, 0.3) is 0 Å². The van der Waals surface area contributed by atoms with Gasteiger partial charge < -0.3 is 5.32 Å². The van der Waals surface area contributed by atoms with Gasteiger partial charge >= 0.3 is 6.18 Å². The molecule has 1 fully saturated rings. The first kappa shape index (κ1) is 14.2. The van der Waals surface area contributed by atoms with Crippen molar-refractivity contribution in [2.24, 2.45) is 0 Å². The van der Waals surface area contributed by atoms with E-state index >= 15 is 0 Å². The highest BCUT2D eigenvalue weighted by Gasteiger charge is 2.32. The Labute approximate surface area is 111 Å². The number of alkyl halides is 3. The molecule has 0 aliphatic carbocycles. The van der Waals surface area contributed by atoms with E-state index in [-0.39, 0.29) is 6.04 Å². The zero-order chi connectivity index (χ0) is 13.9. The number of anilines is 1.